The highest BCUT2D eigenvalue weighted by atomic mass is 16.5. The third kappa shape index (κ3) is 4.86. The Balaban J connectivity index is 1.56. The summed E-state index contributed by atoms with van der Waals surface area (Å²) in [4.78, 5) is 4.39. The van der Waals surface area contributed by atoms with Gasteiger partial charge in [-0.15, -0.1) is 0 Å². The molecule has 152 valence electrons. The van der Waals surface area contributed by atoms with Gasteiger partial charge in [0, 0.05) is 37.9 Å². The first kappa shape index (κ1) is 20.2. The van der Waals surface area contributed by atoms with Crippen molar-refractivity contribution >= 4 is 5.96 Å². The second-order valence-electron chi connectivity index (χ2n) is 7.73. The van der Waals surface area contributed by atoms with Crippen molar-refractivity contribution in [3.8, 4) is 5.75 Å². The number of nitrogens with one attached hydrogen (secondary N) is 2. The van der Waals surface area contributed by atoms with Crippen LogP contribution in [-0.2, 0) is 20.0 Å². The zero-order chi connectivity index (χ0) is 20.1. The SMILES string of the molecule is CN=C(NCc1ccccc1OC1CCC1)NC(C)Cc1c(C)nn(C)c1C. The lowest BCUT2D eigenvalue weighted by Crippen LogP contribution is -2.42. The Kier molecular flexibility index (Phi) is 6.60. The van der Waals surface area contributed by atoms with E-state index in [1.165, 1.54) is 17.7 Å². The molecule has 2 N–H and O–H groups in total. The topological polar surface area (TPSA) is 63.5 Å². The largest absolute Gasteiger partial charge is 0.490 e. The van der Waals surface area contributed by atoms with Crippen molar-refractivity contribution in [3.63, 3.8) is 0 Å². The molecule has 1 unspecified atom stereocenters. The summed E-state index contributed by atoms with van der Waals surface area (Å²) in [5, 5.41) is 11.4. The molecule has 0 amide bonds. The monoisotopic (exact) mass is 383 g/mol. The third-order valence-electron chi connectivity index (χ3n) is 5.54. The number of benzene rings is 1. The maximum absolute atomic E-state index is 6.13. The number of aromatic nitrogens is 2. The Hall–Kier alpha value is -2.50. The standard InChI is InChI=1S/C22H33N5O/c1-15(13-20-16(2)26-27(5)17(20)3)25-22(23-4)24-14-18-9-6-7-12-21(18)28-19-10-8-11-19/h6-7,9,12,15,19H,8,10-11,13-14H2,1-5H3,(H2,23,24,25). The van der Waals surface area contributed by atoms with Gasteiger partial charge in [-0.2, -0.15) is 5.10 Å². The fourth-order valence-electron chi connectivity index (χ4n) is 3.51. The fourth-order valence-corrected chi connectivity index (χ4v) is 3.51. The number of rotatable bonds is 7. The second kappa shape index (κ2) is 9.13. The van der Waals surface area contributed by atoms with Crippen molar-refractivity contribution in [1.29, 1.82) is 0 Å². The normalized spacial score (nSPS) is 15.8. The van der Waals surface area contributed by atoms with Gasteiger partial charge in [-0.1, -0.05) is 18.2 Å². The first-order chi connectivity index (χ1) is 13.5. The summed E-state index contributed by atoms with van der Waals surface area (Å²) in [5.41, 5.74) is 4.77. The van der Waals surface area contributed by atoms with E-state index in [1.807, 2.05) is 17.8 Å². The van der Waals surface area contributed by atoms with E-state index < -0.39 is 0 Å². The summed E-state index contributed by atoms with van der Waals surface area (Å²) in [5.74, 6) is 1.77. The van der Waals surface area contributed by atoms with Crippen LogP contribution in [-0.4, -0.2) is 34.9 Å². The minimum absolute atomic E-state index is 0.245. The van der Waals surface area contributed by atoms with E-state index in [0.717, 1.165) is 42.2 Å². The number of hydrogen-bond donors (Lipinski definition) is 2. The number of aliphatic imine (C=N–C) groups is 1. The minimum Gasteiger partial charge on any atom is -0.490 e. The highest BCUT2D eigenvalue weighted by Crippen LogP contribution is 2.27. The lowest BCUT2D eigenvalue weighted by molar-refractivity contribution is 0.119. The van der Waals surface area contributed by atoms with E-state index in [2.05, 4.69) is 59.7 Å². The number of ether oxygens (including phenoxy) is 1. The van der Waals surface area contributed by atoms with Crippen LogP contribution in [0.25, 0.3) is 0 Å². The Morgan fingerprint density at radius 1 is 1.32 bits per heavy atom. The van der Waals surface area contributed by atoms with Crippen LogP contribution in [0.1, 0.15) is 48.7 Å². The van der Waals surface area contributed by atoms with Crippen molar-refractivity contribution in [1.82, 2.24) is 20.4 Å². The van der Waals surface area contributed by atoms with Gasteiger partial charge in [-0.25, -0.2) is 0 Å². The molecule has 0 bridgehead atoms. The van der Waals surface area contributed by atoms with Crippen molar-refractivity contribution < 1.29 is 4.74 Å². The van der Waals surface area contributed by atoms with Crippen molar-refractivity contribution in [2.45, 2.75) is 65.1 Å². The van der Waals surface area contributed by atoms with Crippen LogP contribution >= 0.6 is 0 Å². The fraction of sp³-hybridized carbons (Fsp3) is 0.545. The first-order valence-corrected chi connectivity index (χ1v) is 10.2. The summed E-state index contributed by atoms with van der Waals surface area (Å²) < 4.78 is 8.07. The van der Waals surface area contributed by atoms with Crippen LogP contribution in [0.15, 0.2) is 29.3 Å². The molecule has 6 heteroatoms. The summed E-state index contributed by atoms with van der Waals surface area (Å²) >= 11 is 0. The molecule has 0 radical (unpaired) electrons. The molecule has 2 aromatic rings. The quantitative estimate of drug-likeness (QED) is 0.569. The van der Waals surface area contributed by atoms with E-state index in [1.54, 1.807) is 7.05 Å². The van der Waals surface area contributed by atoms with E-state index >= 15 is 0 Å². The molecule has 0 spiro atoms. The second-order valence-corrected chi connectivity index (χ2v) is 7.73. The number of aryl methyl sites for hydroxylation is 2. The lowest BCUT2D eigenvalue weighted by Gasteiger charge is -2.27. The molecule has 3 rings (SSSR count). The van der Waals surface area contributed by atoms with E-state index in [-0.39, 0.29) is 6.04 Å². The van der Waals surface area contributed by atoms with Gasteiger partial charge in [0.25, 0.3) is 0 Å². The molecule has 0 saturated heterocycles. The van der Waals surface area contributed by atoms with Gasteiger partial charge in [0.05, 0.1) is 11.8 Å². The van der Waals surface area contributed by atoms with Gasteiger partial charge < -0.3 is 15.4 Å². The van der Waals surface area contributed by atoms with E-state index in [9.17, 15) is 0 Å². The average molecular weight is 384 g/mol. The number of para-hydroxylation sites is 1. The molecular formula is C22H33N5O. The molecule has 6 nitrogen and oxygen atoms in total. The number of nitrogens with zero attached hydrogens (tertiary/aromatic N) is 3. The molecule has 1 heterocycles. The van der Waals surface area contributed by atoms with Gasteiger partial charge in [0.2, 0.25) is 0 Å². The Labute approximate surface area is 168 Å². The third-order valence-corrected chi connectivity index (χ3v) is 5.54. The van der Waals surface area contributed by atoms with E-state index in [4.69, 9.17) is 4.74 Å². The predicted molar refractivity (Wildman–Crippen MR) is 114 cm³/mol. The maximum atomic E-state index is 6.13. The van der Waals surface area contributed by atoms with Crippen molar-refractivity contribution in [2.24, 2.45) is 12.0 Å². The van der Waals surface area contributed by atoms with Crippen LogP contribution in [0, 0.1) is 13.8 Å². The highest BCUT2D eigenvalue weighted by molar-refractivity contribution is 5.80. The molecule has 1 saturated carbocycles. The Morgan fingerprint density at radius 3 is 2.68 bits per heavy atom. The van der Waals surface area contributed by atoms with Crippen molar-refractivity contribution in [3.05, 3.63) is 46.8 Å². The predicted octanol–water partition coefficient (Wildman–Crippen LogP) is 3.26. The summed E-state index contributed by atoms with van der Waals surface area (Å²) in [7, 11) is 3.80. The molecule has 1 aliphatic rings. The molecule has 28 heavy (non-hydrogen) atoms. The highest BCUT2D eigenvalue weighted by Gasteiger charge is 2.20. The van der Waals surface area contributed by atoms with Gasteiger partial charge >= 0.3 is 0 Å². The van der Waals surface area contributed by atoms with Gasteiger partial charge in [-0.3, -0.25) is 9.67 Å². The first-order valence-electron chi connectivity index (χ1n) is 10.2. The Morgan fingerprint density at radius 2 is 2.07 bits per heavy atom. The Bertz CT molecular complexity index is 822. The van der Waals surface area contributed by atoms with Crippen LogP contribution in [0.4, 0.5) is 0 Å². The zero-order valence-corrected chi connectivity index (χ0v) is 17.7. The molecule has 1 atom stereocenters. The van der Waals surface area contributed by atoms with Gasteiger partial charge in [0.1, 0.15) is 5.75 Å². The van der Waals surface area contributed by atoms with Crippen molar-refractivity contribution in [2.75, 3.05) is 7.05 Å². The maximum Gasteiger partial charge on any atom is 0.191 e. The molecule has 0 aliphatic heterocycles. The lowest BCUT2D eigenvalue weighted by atomic mass is 9.96. The van der Waals surface area contributed by atoms with Gasteiger partial charge in [-0.05, 0) is 58.1 Å². The van der Waals surface area contributed by atoms with Crippen LogP contribution in [0.3, 0.4) is 0 Å². The summed E-state index contributed by atoms with van der Waals surface area (Å²) in [6.07, 6.45) is 4.89. The summed E-state index contributed by atoms with van der Waals surface area (Å²) in [6, 6.07) is 8.50. The van der Waals surface area contributed by atoms with Crippen LogP contribution in [0.2, 0.25) is 0 Å². The smallest absolute Gasteiger partial charge is 0.191 e. The average Bonchev–Trinajstić information content (AvgIpc) is 2.88. The number of guanidine groups is 1. The number of hydrogen-bond acceptors (Lipinski definition) is 3. The van der Waals surface area contributed by atoms with Gasteiger partial charge in [0.15, 0.2) is 5.96 Å². The van der Waals surface area contributed by atoms with E-state index in [0.29, 0.717) is 12.6 Å². The zero-order valence-electron chi connectivity index (χ0n) is 17.7. The van der Waals surface area contributed by atoms with Crippen LogP contribution < -0.4 is 15.4 Å². The van der Waals surface area contributed by atoms with Crippen LogP contribution in [0.5, 0.6) is 5.75 Å². The summed E-state index contributed by atoms with van der Waals surface area (Å²) in [6.45, 7) is 7.04. The molecule has 1 aromatic carbocycles. The molecular weight excluding hydrogens is 350 g/mol. The molecule has 1 fully saturated rings. The molecule has 1 aliphatic carbocycles. The minimum atomic E-state index is 0.245. The molecule has 1 aromatic heterocycles.